The molecule has 0 saturated carbocycles. The first-order valence-corrected chi connectivity index (χ1v) is 11.5. The van der Waals surface area contributed by atoms with Crippen molar-refractivity contribution in [3.8, 4) is 11.5 Å². The summed E-state index contributed by atoms with van der Waals surface area (Å²) in [6.45, 7) is 0. The number of anilines is 1. The van der Waals surface area contributed by atoms with Crippen molar-refractivity contribution in [3.05, 3.63) is 93.0 Å². The van der Waals surface area contributed by atoms with E-state index in [0.29, 0.717) is 41.3 Å². The fourth-order valence-corrected chi connectivity index (χ4v) is 5.44. The van der Waals surface area contributed by atoms with E-state index in [1.807, 2.05) is 48.5 Å². The van der Waals surface area contributed by atoms with Crippen LogP contribution in [0.2, 0.25) is 0 Å². The quantitative estimate of drug-likeness (QED) is 0.414. The smallest absolute Gasteiger partial charge is 0.270 e. The van der Waals surface area contributed by atoms with E-state index in [-0.39, 0.29) is 17.3 Å². The minimum atomic E-state index is -0.483. The van der Waals surface area contributed by atoms with Crippen molar-refractivity contribution < 1.29 is 14.3 Å². The van der Waals surface area contributed by atoms with Crippen LogP contribution in [0.15, 0.2) is 70.8 Å². The molecule has 0 bridgehead atoms. The molecule has 1 aliphatic heterocycles. The zero-order valence-electron chi connectivity index (χ0n) is 19.3. The maximum absolute atomic E-state index is 13.8. The minimum Gasteiger partial charge on any atom is -0.493 e. The van der Waals surface area contributed by atoms with Gasteiger partial charge in [-0.15, -0.1) is 0 Å². The van der Waals surface area contributed by atoms with Crippen LogP contribution in [0.4, 0.5) is 5.82 Å². The molecule has 2 unspecified atom stereocenters. The van der Waals surface area contributed by atoms with Gasteiger partial charge >= 0.3 is 0 Å². The Bertz CT molecular complexity index is 1560. The second-order valence-corrected chi connectivity index (χ2v) is 8.88. The van der Waals surface area contributed by atoms with Gasteiger partial charge in [-0.1, -0.05) is 24.3 Å². The lowest BCUT2D eigenvalue weighted by atomic mass is 9.72. The van der Waals surface area contributed by atoms with Crippen molar-refractivity contribution >= 4 is 22.5 Å². The van der Waals surface area contributed by atoms with Crippen molar-refractivity contribution in [2.75, 3.05) is 19.5 Å². The molecule has 176 valence electrons. The SMILES string of the molecule is COc1ccc(C2CC(=O)C3=C(C2)Nc2[nH][nH]c(=O)c2C3c2ccnc3ccccc23)cc1OC. The van der Waals surface area contributed by atoms with Gasteiger partial charge in [-0.3, -0.25) is 24.8 Å². The summed E-state index contributed by atoms with van der Waals surface area (Å²) in [5.74, 6) is 1.38. The Labute approximate surface area is 201 Å². The zero-order chi connectivity index (χ0) is 24.1. The molecule has 2 aromatic carbocycles. The number of nitrogens with zero attached hydrogens (tertiary/aromatic N) is 1. The third kappa shape index (κ3) is 3.32. The van der Waals surface area contributed by atoms with Crippen molar-refractivity contribution in [1.82, 2.24) is 15.2 Å². The van der Waals surface area contributed by atoms with E-state index in [1.54, 1.807) is 20.4 Å². The van der Waals surface area contributed by atoms with Crippen molar-refractivity contribution in [1.29, 1.82) is 0 Å². The highest BCUT2D eigenvalue weighted by molar-refractivity contribution is 6.02. The van der Waals surface area contributed by atoms with Gasteiger partial charge in [0.2, 0.25) is 0 Å². The first kappa shape index (κ1) is 21.2. The molecule has 0 fully saturated rings. The molecule has 2 aromatic heterocycles. The van der Waals surface area contributed by atoms with Gasteiger partial charge in [0.1, 0.15) is 5.82 Å². The number of rotatable bonds is 4. The van der Waals surface area contributed by atoms with Crippen LogP contribution in [-0.4, -0.2) is 35.2 Å². The molecule has 1 aliphatic carbocycles. The van der Waals surface area contributed by atoms with Crippen LogP contribution in [0.25, 0.3) is 10.9 Å². The summed E-state index contributed by atoms with van der Waals surface area (Å²) in [6.07, 6.45) is 2.70. The molecule has 0 saturated heterocycles. The van der Waals surface area contributed by atoms with Crippen LogP contribution in [0.3, 0.4) is 0 Å². The Morgan fingerprint density at radius 2 is 1.77 bits per heavy atom. The number of para-hydroxylation sites is 1. The van der Waals surface area contributed by atoms with Gasteiger partial charge in [-0.05, 0) is 47.7 Å². The van der Waals surface area contributed by atoms with Crippen molar-refractivity contribution in [3.63, 3.8) is 0 Å². The third-order valence-corrected chi connectivity index (χ3v) is 7.05. The molecular formula is C27H24N4O4. The minimum absolute atomic E-state index is 0.0238. The highest BCUT2D eigenvalue weighted by Crippen LogP contribution is 2.48. The van der Waals surface area contributed by atoms with Crippen LogP contribution in [0.5, 0.6) is 11.5 Å². The Hall–Kier alpha value is -4.33. The monoisotopic (exact) mass is 468 g/mol. The van der Waals surface area contributed by atoms with E-state index >= 15 is 0 Å². The lowest BCUT2D eigenvalue weighted by molar-refractivity contribution is -0.116. The number of methoxy groups -OCH3 is 2. The molecule has 3 heterocycles. The predicted octanol–water partition coefficient (Wildman–Crippen LogP) is 4.23. The van der Waals surface area contributed by atoms with Gasteiger partial charge in [0.15, 0.2) is 17.3 Å². The molecule has 2 aliphatic rings. The molecule has 4 aromatic rings. The van der Waals surface area contributed by atoms with Crippen molar-refractivity contribution in [2.24, 2.45) is 0 Å². The lowest BCUT2D eigenvalue weighted by Crippen LogP contribution is -2.31. The Morgan fingerprint density at radius 3 is 2.60 bits per heavy atom. The van der Waals surface area contributed by atoms with Crippen LogP contribution in [0.1, 0.15) is 41.4 Å². The van der Waals surface area contributed by atoms with Crippen LogP contribution >= 0.6 is 0 Å². The summed E-state index contributed by atoms with van der Waals surface area (Å²) in [5.41, 5.74) is 4.49. The molecule has 8 nitrogen and oxygen atoms in total. The number of fused-ring (bicyclic) bond motifs is 2. The van der Waals surface area contributed by atoms with E-state index in [4.69, 9.17) is 9.47 Å². The molecule has 0 amide bonds. The second-order valence-electron chi connectivity index (χ2n) is 8.88. The number of ketones is 1. The summed E-state index contributed by atoms with van der Waals surface area (Å²) >= 11 is 0. The molecular weight excluding hydrogens is 444 g/mol. The number of pyridine rings is 1. The molecule has 0 radical (unpaired) electrons. The Morgan fingerprint density at radius 1 is 0.943 bits per heavy atom. The number of H-pyrrole nitrogens is 2. The maximum Gasteiger partial charge on any atom is 0.270 e. The zero-order valence-corrected chi connectivity index (χ0v) is 19.3. The van der Waals surface area contributed by atoms with E-state index in [2.05, 4.69) is 20.5 Å². The number of nitrogens with one attached hydrogen (secondary N) is 3. The maximum atomic E-state index is 13.8. The van der Waals surface area contributed by atoms with Crippen molar-refractivity contribution in [2.45, 2.75) is 24.7 Å². The Kier molecular flexibility index (Phi) is 4.95. The summed E-state index contributed by atoms with van der Waals surface area (Å²) in [6, 6.07) is 15.5. The van der Waals surface area contributed by atoms with Gasteiger partial charge in [-0.25, -0.2) is 0 Å². The number of aromatic nitrogens is 3. The number of aromatic amines is 2. The lowest BCUT2D eigenvalue weighted by Gasteiger charge is -2.35. The highest BCUT2D eigenvalue weighted by Gasteiger charge is 2.41. The molecule has 35 heavy (non-hydrogen) atoms. The van der Waals surface area contributed by atoms with Crippen LogP contribution in [0, 0.1) is 0 Å². The van der Waals surface area contributed by atoms with Crippen LogP contribution in [-0.2, 0) is 4.79 Å². The average molecular weight is 469 g/mol. The van der Waals surface area contributed by atoms with Gasteiger partial charge in [0, 0.05) is 35.2 Å². The average Bonchev–Trinajstić information content (AvgIpc) is 3.26. The van der Waals surface area contributed by atoms with Gasteiger partial charge in [0.05, 0.1) is 25.3 Å². The standard InChI is InChI=1S/C27H24N4O4/c1-34-21-8-7-14(13-22(21)35-2)15-11-19-24(20(32)12-15)23(25-26(29-19)30-31-27(25)33)17-9-10-28-18-6-4-3-5-16(17)18/h3-10,13,15,23H,11-12H2,1-2H3,(H3,29,30,31,33). The normalized spacial score (nSPS) is 19.2. The van der Waals surface area contributed by atoms with Gasteiger partial charge in [0.25, 0.3) is 5.56 Å². The van der Waals surface area contributed by atoms with E-state index in [0.717, 1.165) is 27.7 Å². The number of benzene rings is 2. The number of hydrogen-bond donors (Lipinski definition) is 3. The number of carbonyl (C=O) groups is 1. The fourth-order valence-electron chi connectivity index (χ4n) is 5.44. The van der Waals surface area contributed by atoms with Gasteiger partial charge < -0.3 is 14.8 Å². The molecule has 8 heteroatoms. The summed E-state index contributed by atoms with van der Waals surface area (Å²) in [7, 11) is 3.20. The largest absolute Gasteiger partial charge is 0.493 e. The first-order valence-electron chi connectivity index (χ1n) is 11.5. The first-order chi connectivity index (χ1) is 17.1. The fraction of sp³-hybridized carbons (Fsp3) is 0.222. The van der Waals surface area contributed by atoms with E-state index in [1.165, 1.54) is 0 Å². The number of carbonyl (C=O) groups excluding carboxylic acids is 1. The van der Waals surface area contributed by atoms with Gasteiger partial charge in [-0.2, -0.15) is 0 Å². The Balaban J connectivity index is 1.49. The van der Waals surface area contributed by atoms with E-state index < -0.39 is 5.92 Å². The highest BCUT2D eigenvalue weighted by atomic mass is 16.5. The summed E-state index contributed by atoms with van der Waals surface area (Å²) in [5, 5.41) is 9.93. The molecule has 2 atom stereocenters. The number of hydrogen-bond acceptors (Lipinski definition) is 6. The molecule has 3 N–H and O–H groups in total. The second kappa shape index (κ2) is 8.16. The molecule has 6 rings (SSSR count). The summed E-state index contributed by atoms with van der Waals surface area (Å²) < 4.78 is 10.8. The topological polar surface area (TPSA) is 109 Å². The number of allylic oxidation sites excluding steroid dienone is 2. The number of ether oxygens (including phenoxy) is 2. The molecule has 0 spiro atoms. The van der Waals surface area contributed by atoms with Crippen LogP contribution < -0.4 is 20.3 Å². The predicted molar refractivity (Wildman–Crippen MR) is 132 cm³/mol. The third-order valence-electron chi connectivity index (χ3n) is 7.05. The summed E-state index contributed by atoms with van der Waals surface area (Å²) in [4.78, 5) is 31.1. The number of Topliss-reactive ketones (excluding diaryl/α,β-unsaturated/α-hetero) is 1. The van der Waals surface area contributed by atoms with E-state index in [9.17, 15) is 9.59 Å².